The van der Waals surface area contributed by atoms with Crippen LogP contribution in [0.5, 0.6) is 0 Å². The van der Waals surface area contributed by atoms with Gasteiger partial charge in [-0.1, -0.05) is 0 Å². The molecule has 0 aliphatic carbocycles. The van der Waals surface area contributed by atoms with Crippen molar-refractivity contribution < 1.29 is 4.79 Å². The molecular formula is C10H16N2OS2. The summed E-state index contributed by atoms with van der Waals surface area (Å²) in [6.45, 7) is 2.58. The number of carbonyl (C=O) groups is 1. The minimum Gasteiger partial charge on any atom is -0.351 e. The summed E-state index contributed by atoms with van der Waals surface area (Å²) in [5.74, 6) is 0.00926. The first-order valence-electron chi connectivity index (χ1n) is 4.80. The molecule has 0 fully saturated rings. The van der Waals surface area contributed by atoms with Crippen molar-refractivity contribution >= 4 is 29.0 Å². The molecule has 0 spiro atoms. The van der Waals surface area contributed by atoms with E-state index >= 15 is 0 Å². The van der Waals surface area contributed by atoms with Gasteiger partial charge in [0.1, 0.15) is 4.88 Å². The molecule has 1 atom stereocenters. The highest BCUT2D eigenvalue weighted by molar-refractivity contribution is 7.98. The van der Waals surface area contributed by atoms with Crippen LogP contribution in [0.15, 0.2) is 16.3 Å². The number of hydrogen-bond acceptors (Lipinski definition) is 4. The SMILES string of the molecule is CSc1ccsc1C(=O)NCCC(C)N. The van der Waals surface area contributed by atoms with Gasteiger partial charge < -0.3 is 11.1 Å². The first kappa shape index (κ1) is 12.5. The summed E-state index contributed by atoms with van der Waals surface area (Å²) in [7, 11) is 0. The predicted molar refractivity (Wildman–Crippen MR) is 66.7 cm³/mol. The van der Waals surface area contributed by atoms with E-state index in [4.69, 9.17) is 5.73 Å². The molecular weight excluding hydrogens is 228 g/mol. The summed E-state index contributed by atoms with van der Waals surface area (Å²) in [5, 5.41) is 4.81. The Labute approximate surface area is 98.4 Å². The second kappa shape index (κ2) is 6.15. The van der Waals surface area contributed by atoms with Crippen LogP contribution in [0.3, 0.4) is 0 Å². The second-order valence-corrected chi connectivity index (χ2v) is 5.10. The Balaban J connectivity index is 2.47. The number of rotatable bonds is 5. The Hall–Kier alpha value is -0.520. The number of thioether (sulfide) groups is 1. The van der Waals surface area contributed by atoms with Crippen molar-refractivity contribution in [2.24, 2.45) is 5.73 Å². The van der Waals surface area contributed by atoms with Gasteiger partial charge in [-0.25, -0.2) is 0 Å². The minimum absolute atomic E-state index is 0.00926. The molecule has 0 aromatic carbocycles. The molecule has 1 unspecified atom stereocenters. The highest BCUT2D eigenvalue weighted by atomic mass is 32.2. The summed E-state index contributed by atoms with van der Waals surface area (Å²) in [4.78, 5) is 13.6. The smallest absolute Gasteiger partial charge is 0.262 e. The zero-order valence-electron chi connectivity index (χ0n) is 8.95. The summed E-state index contributed by atoms with van der Waals surface area (Å²) < 4.78 is 0. The van der Waals surface area contributed by atoms with E-state index < -0.39 is 0 Å². The fourth-order valence-corrected chi connectivity index (χ4v) is 2.78. The van der Waals surface area contributed by atoms with Crippen LogP contribution in [-0.2, 0) is 0 Å². The number of amides is 1. The number of nitrogens with one attached hydrogen (secondary N) is 1. The highest BCUT2D eigenvalue weighted by Gasteiger charge is 2.11. The molecule has 1 aromatic rings. The zero-order valence-corrected chi connectivity index (χ0v) is 10.6. The topological polar surface area (TPSA) is 55.1 Å². The fourth-order valence-electron chi connectivity index (χ4n) is 1.12. The third-order valence-corrected chi connectivity index (χ3v) is 3.76. The average molecular weight is 244 g/mol. The number of hydrogen-bond donors (Lipinski definition) is 2. The minimum atomic E-state index is 0.00926. The molecule has 84 valence electrons. The van der Waals surface area contributed by atoms with Crippen molar-refractivity contribution in [1.29, 1.82) is 0 Å². The third-order valence-electron chi connectivity index (χ3n) is 1.94. The van der Waals surface area contributed by atoms with E-state index in [0.29, 0.717) is 6.54 Å². The van der Waals surface area contributed by atoms with Gasteiger partial charge >= 0.3 is 0 Å². The Bertz CT molecular complexity index is 323. The first-order chi connectivity index (χ1) is 7.15. The summed E-state index contributed by atoms with van der Waals surface area (Å²) in [5.41, 5.74) is 5.60. The molecule has 0 radical (unpaired) electrons. The lowest BCUT2D eigenvalue weighted by Crippen LogP contribution is -2.28. The van der Waals surface area contributed by atoms with Gasteiger partial charge in [0.25, 0.3) is 5.91 Å². The van der Waals surface area contributed by atoms with Crippen molar-refractivity contribution in [2.75, 3.05) is 12.8 Å². The van der Waals surface area contributed by atoms with E-state index in [9.17, 15) is 4.79 Å². The van der Waals surface area contributed by atoms with Crippen molar-refractivity contribution in [2.45, 2.75) is 24.3 Å². The van der Waals surface area contributed by atoms with Crippen molar-refractivity contribution in [1.82, 2.24) is 5.32 Å². The van der Waals surface area contributed by atoms with Gasteiger partial charge in [0, 0.05) is 17.5 Å². The van der Waals surface area contributed by atoms with Gasteiger partial charge in [0.15, 0.2) is 0 Å². The van der Waals surface area contributed by atoms with Crippen LogP contribution in [-0.4, -0.2) is 24.7 Å². The largest absolute Gasteiger partial charge is 0.351 e. The van der Waals surface area contributed by atoms with Gasteiger partial charge in [-0.15, -0.1) is 23.1 Å². The summed E-state index contributed by atoms with van der Waals surface area (Å²) >= 11 is 3.07. The fraction of sp³-hybridized carbons (Fsp3) is 0.500. The van der Waals surface area contributed by atoms with Crippen molar-refractivity contribution in [3.05, 3.63) is 16.3 Å². The van der Waals surface area contributed by atoms with Crippen LogP contribution in [0.4, 0.5) is 0 Å². The van der Waals surface area contributed by atoms with E-state index in [-0.39, 0.29) is 11.9 Å². The van der Waals surface area contributed by atoms with E-state index in [2.05, 4.69) is 5.32 Å². The normalized spacial score (nSPS) is 12.5. The molecule has 3 nitrogen and oxygen atoms in total. The molecule has 0 saturated carbocycles. The predicted octanol–water partition coefficient (Wildman–Crippen LogP) is 1.94. The zero-order chi connectivity index (χ0) is 11.3. The second-order valence-electron chi connectivity index (χ2n) is 3.34. The highest BCUT2D eigenvalue weighted by Crippen LogP contribution is 2.25. The molecule has 5 heteroatoms. The Morgan fingerprint density at radius 3 is 3.07 bits per heavy atom. The molecule has 1 amide bonds. The van der Waals surface area contributed by atoms with Crippen LogP contribution in [0.25, 0.3) is 0 Å². The average Bonchev–Trinajstić information content (AvgIpc) is 2.64. The Kier molecular flexibility index (Phi) is 5.14. The van der Waals surface area contributed by atoms with Gasteiger partial charge in [0.05, 0.1) is 0 Å². The number of nitrogens with two attached hydrogens (primary N) is 1. The van der Waals surface area contributed by atoms with Gasteiger partial charge in [-0.3, -0.25) is 4.79 Å². The van der Waals surface area contributed by atoms with Gasteiger partial charge in [-0.05, 0) is 31.0 Å². The molecule has 0 aliphatic heterocycles. The lowest BCUT2D eigenvalue weighted by Gasteiger charge is -2.06. The molecule has 1 aromatic heterocycles. The van der Waals surface area contributed by atoms with Gasteiger partial charge in [0.2, 0.25) is 0 Å². The maximum absolute atomic E-state index is 11.7. The summed E-state index contributed by atoms with van der Waals surface area (Å²) in [6.07, 6.45) is 2.78. The molecule has 1 heterocycles. The van der Waals surface area contributed by atoms with Crippen molar-refractivity contribution in [3.63, 3.8) is 0 Å². The monoisotopic (exact) mass is 244 g/mol. The van der Waals surface area contributed by atoms with Gasteiger partial charge in [-0.2, -0.15) is 0 Å². The third kappa shape index (κ3) is 3.85. The van der Waals surface area contributed by atoms with Crippen molar-refractivity contribution in [3.8, 4) is 0 Å². The van der Waals surface area contributed by atoms with Crippen LogP contribution in [0, 0.1) is 0 Å². The Morgan fingerprint density at radius 2 is 2.47 bits per heavy atom. The van der Waals surface area contributed by atoms with E-state index in [1.54, 1.807) is 11.8 Å². The lowest BCUT2D eigenvalue weighted by atomic mass is 10.2. The standard InChI is InChI=1S/C10H16N2OS2/c1-7(11)3-5-12-10(13)9-8(14-2)4-6-15-9/h4,6-7H,3,5,11H2,1-2H3,(H,12,13). The lowest BCUT2D eigenvalue weighted by molar-refractivity contribution is 0.0954. The molecule has 3 N–H and O–H groups in total. The molecule has 1 rings (SSSR count). The van der Waals surface area contributed by atoms with E-state index in [1.165, 1.54) is 11.3 Å². The van der Waals surface area contributed by atoms with Crippen LogP contribution < -0.4 is 11.1 Å². The van der Waals surface area contributed by atoms with Crippen LogP contribution in [0.2, 0.25) is 0 Å². The quantitative estimate of drug-likeness (QED) is 0.778. The van der Waals surface area contributed by atoms with E-state index in [0.717, 1.165) is 16.2 Å². The van der Waals surface area contributed by atoms with Crippen LogP contribution in [0.1, 0.15) is 23.0 Å². The maximum Gasteiger partial charge on any atom is 0.262 e. The Morgan fingerprint density at radius 1 is 1.73 bits per heavy atom. The maximum atomic E-state index is 11.7. The number of carbonyl (C=O) groups excluding carboxylic acids is 1. The molecule has 15 heavy (non-hydrogen) atoms. The molecule has 0 aliphatic rings. The van der Waals surface area contributed by atoms with Crippen LogP contribution >= 0.6 is 23.1 Å². The molecule has 0 saturated heterocycles. The van der Waals surface area contributed by atoms with E-state index in [1.807, 2.05) is 24.6 Å². The first-order valence-corrected chi connectivity index (χ1v) is 6.91. The number of thiophene rings is 1. The molecule has 0 bridgehead atoms. The summed E-state index contributed by atoms with van der Waals surface area (Å²) in [6, 6.07) is 2.10.